The van der Waals surface area contributed by atoms with Crippen molar-refractivity contribution in [1.29, 1.82) is 0 Å². The molecule has 0 fully saturated rings. The van der Waals surface area contributed by atoms with E-state index in [1.165, 1.54) is 5.56 Å². The number of hydrogen-bond donors (Lipinski definition) is 1. The van der Waals surface area contributed by atoms with Crippen molar-refractivity contribution in [2.24, 2.45) is 5.73 Å². The first-order valence-electron chi connectivity index (χ1n) is 6.84. The van der Waals surface area contributed by atoms with Crippen LogP contribution in [-0.4, -0.2) is 16.1 Å². The zero-order valence-electron chi connectivity index (χ0n) is 12.1. The Morgan fingerprint density at radius 3 is 2.42 bits per heavy atom. The Morgan fingerprint density at radius 2 is 1.84 bits per heavy atom. The Morgan fingerprint density at radius 1 is 1.16 bits per heavy atom. The highest BCUT2D eigenvalue weighted by molar-refractivity contribution is 5.56. The van der Waals surface area contributed by atoms with Crippen molar-refractivity contribution in [3.05, 3.63) is 42.2 Å². The Kier molecular flexibility index (Phi) is 4.05. The van der Waals surface area contributed by atoms with Gasteiger partial charge in [-0.25, -0.2) is 4.98 Å². The fraction of sp³-hybridized carbons (Fsp3) is 0.438. The minimum absolute atomic E-state index is 0.188. The van der Waals surface area contributed by atoms with Gasteiger partial charge in [0.1, 0.15) is 5.82 Å². The van der Waals surface area contributed by atoms with Gasteiger partial charge < -0.3 is 10.3 Å². The summed E-state index contributed by atoms with van der Waals surface area (Å²) in [6.45, 7) is 8.31. The van der Waals surface area contributed by atoms with Crippen LogP contribution in [0.4, 0.5) is 0 Å². The summed E-state index contributed by atoms with van der Waals surface area (Å²) in [6, 6.07) is 8.69. The molecule has 0 saturated heterocycles. The van der Waals surface area contributed by atoms with Crippen molar-refractivity contribution in [1.82, 2.24) is 9.55 Å². The van der Waals surface area contributed by atoms with Gasteiger partial charge in [0.05, 0.1) is 0 Å². The summed E-state index contributed by atoms with van der Waals surface area (Å²) < 4.78 is 2.17. The lowest BCUT2D eigenvalue weighted by atomic mass is 9.87. The molecule has 1 heterocycles. The summed E-state index contributed by atoms with van der Waals surface area (Å²) in [4.78, 5) is 4.45. The predicted octanol–water partition coefficient (Wildman–Crippen LogP) is 3.20. The quantitative estimate of drug-likeness (QED) is 0.914. The molecule has 3 nitrogen and oxygen atoms in total. The van der Waals surface area contributed by atoms with E-state index < -0.39 is 0 Å². The van der Waals surface area contributed by atoms with E-state index in [1.807, 2.05) is 12.4 Å². The third-order valence-corrected chi connectivity index (χ3v) is 3.33. The van der Waals surface area contributed by atoms with E-state index >= 15 is 0 Å². The molecule has 102 valence electrons. The molecule has 0 aliphatic carbocycles. The summed E-state index contributed by atoms with van der Waals surface area (Å²) in [6.07, 6.45) is 4.84. The zero-order valence-corrected chi connectivity index (χ0v) is 12.1. The topological polar surface area (TPSA) is 43.8 Å². The molecule has 0 amide bonds. The van der Waals surface area contributed by atoms with Crippen LogP contribution in [0, 0.1) is 0 Å². The van der Waals surface area contributed by atoms with E-state index in [0.717, 1.165) is 24.4 Å². The molecule has 0 atom stereocenters. The maximum atomic E-state index is 5.57. The third kappa shape index (κ3) is 3.24. The average Bonchev–Trinajstić information content (AvgIpc) is 2.83. The van der Waals surface area contributed by atoms with Crippen LogP contribution in [0.1, 0.15) is 32.8 Å². The highest BCUT2D eigenvalue weighted by Gasteiger charge is 2.14. The lowest BCUT2D eigenvalue weighted by molar-refractivity contribution is 0.590. The van der Waals surface area contributed by atoms with Crippen LogP contribution in [0.2, 0.25) is 0 Å². The maximum absolute atomic E-state index is 5.57. The van der Waals surface area contributed by atoms with E-state index in [1.54, 1.807) is 0 Å². The van der Waals surface area contributed by atoms with Crippen molar-refractivity contribution >= 4 is 0 Å². The Labute approximate surface area is 115 Å². The molecule has 0 unspecified atom stereocenters. The predicted molar refractivity (Wildman–Crippen MR) is 80.0 cm³/mol. The molecule has 0 radical (unpaired) electrons. The van der Waals surface area contributed by atoms with Crippen molar-refractivity contribution in [3.8, 4) is 11.4 Å². The third-order valence-electron chi connectivity index (χ3n) is 3.33. The Balaban J connectivity index is 2.25. The van der Waals surface area contributed by atoms with E-state index in [9.17, 15) is 0 Å². The molecule has 2 rings (SSSR count). The van der Waals surface area contributed by atoms with Crippen LogP contribution in [0.25, 0.3) is 11.4 Å². The van der Waals surface area contributed by atoms with Gasteiger partial charge in [0.15, 0.2) is 0 Å². The first-order valence-corrected chi connectivity index (χ1v) is 6.84. The van der Waals surface area contributed by atoms with Gasteiger partial charge in [-0.2, -0.15) is 0 Å². The number of nitrogens with zero attached hydrogens (tertiary/aromatic N) is 2. The summed E-state index contributed by atoms with van der Waals surface area (Å²) in [5, 5.41) is 0. The van der Waals surface area contributed by atoms with Gasteiger partial charge in [0.25, 0.3) is 0 Å². The largest absolute Gasteiger partial charge is 0.331 e. The SMILES string of the molecule is CC(C)(C)c1ccc(-c2nccn2CCCN)cc1. The summed E-state index contributed by atoms with van der Waals surface area (Å²) in [5.41, 5.74) is 8.26. The van der Waals surface area contributed by atoms with Gasteiger partial charge in [-0.15, -0.1) is 0 Å². The number of aromatic nitrogens is 2. The summed E-state index contributed by atoms with van der Waals surface area (Å²) >= 11 is 0. The van der Waals surface area contributed by atoms with E-state index in [-0.39, 0.29) is 5.41 Å². The number of benzene rings is 1. The normalized spacial score (nSPS) is 11.8. The highest BCUT2D eigenvalue weighted by atomic mass is 15.1. The molecule has 2 N–H and O–H groups in total. The molecule has 1 aromatic heterocycles. The molecule has 0 saturated carbocycles. The first-order chi connectivity index (χ1) is 9.02. The van der Waals surface area contributed by atoms with E-state index in [4.69, 9.17) is 5.73 Å². The number of hydrogen-bond acceptors (Lipinski definition) is 2. The summed E-state index contributed by atoms with van der Waals surface area (Å²) in [7, 11) is 0. The summed E-state index contributed by atoms with van der Waals surface area (Å²) in [5.74, 6) is 1.02. The van der Waals surface area contributed by atoms with Crippen molar-refractivity contribution in [3.63, 3.8) is 0 Å². The van der Waals surface area contributed by atoms with Crippen LogP contribution in [-0.2, 0) is 12.0 Å². The van der Waals surface area contributed by atoms with Crippen molar-refractivity contribution < 1.29 is 0 Å². The van der Waals surface area contributed by atoms with Crippen LogP contribution in [0.3, 0.4) is 0 Å². The molecule has 0 aliphatic heterocycles. The molecule has 19 heavy (non-hydrogen) atoms. The fourth-order valence-electron chi connectivity index (χ4n) is 2.13. The molecule has 1 aromatic carbocycles. The van der Waals surface area contributed by atoms with E-state index in [2.05, 4.69) is 54.6 Å². The van der Waals surface area contributed by atoms with Crippen LogP contribution in [0.5, 0.6) is 0 Å². The lowest BCUT2D eigenvalue weighted by Gasteiger charge is -2.19. The van der Waals surface area contributed by atoms with Crippen molar-refractivity contribution in [2.45, 2.75) is 39.2 Å². The molecule has 2 aromatic rings. The van der Waals surface area contributed by atoms with Gasteiger partial charge in [-0.05, 0) is 23.9 Å². The standard InChI is InChI=1S/C16H23N3/c1-16(2,3)14-7-5-13(6-8-14)15-18-10-12-19(15)11-4-9-17/h5-8,10,12H,4,9,11,17H2,1-3H3. The monoisotopic (exact) mass is 257 g/mol. The lowest BCUT2D eigenvalue weighted by Crippen LogP contribution is -2.10. The average molecular weight is 257 g/mol. The number of aryl methyl sites for hydroxylation is 1. The molecular weight excluding hydrogens is 234 g/mol. The van der Waals surface area contributed by atoms with Gasteiger partial charge in [-0.3, -0.25) is 0 Å². The Hall–Kier alpha value is -1.61. The zero-order chi connectivity index (χ0) is 13.9. The number of imidazole rings is 1. The smallest absolute Gasteiger partial charge is 0.139 e. The molecule has 0 spiro atoms. The molecule has 0 aliphatic rings. The highest BCUT2D eigenvalue weighted by Crippen LogP contribution is 2.25. The molecule has 0 bridgehead atoms. The first kappa shape index (κ1) is 13.8. The molecule has 3 heteroatoms. The second kappa shape index (κ2) is 5.57. The van der Waals surface area contributed by atoms with Gasteiger partial charge in [-0.1, -0.05) is 45.0 Å². The minimum atomic E-state index is 0.188. The maximum Gasteiger partial charge on any atom is 0.139 e. The Bertz CT molecular complexity index is 518. The number of rotatable bonds is 4. The van der Waals surface area contributed by atoms with Gasteiger partial charge in [0, 0.05) is 24.5 Å². The van der Waals surface area contributed by atoms with E-state index in [0.29, 0.717) is 6.54 Å². The van der Waals surface area contributed by atoms with Crippen LogP contribution >= 0.6 is 0 Å². The molecular formula is C16H23N3. The van der Waals surface area contributed by atoms with Crippen LogP contribution in [0.15, 0.2) is 36.7 Å². The fourth-order valence-corrected chi connectivity index (χ4v) is 2.13. The van der Waals surface area contributed by atoms with Crippen LogP contribution < -0.4 is 5.73 Å². The van der Waals surface area contributed by atoms with Crippen molar-refractivity contribution in [2.75, 3.05) is 6.54 Å². The minimum Gasteiger partial charge on any atom is -0.331 e. The second-order valence-corrected chi connectivity index (χ2v) is 5.91. The second-order valence-electron chi connectivity index (χ2n) is 5.91. The van der Waals surface area contributed by atoms with Gasteiger partial charge >= 0.3 is 0 Å². The van der Waals surface area contributed by atoms with Gasteiger partial charge in [0.2, 0.25) is 0 Å². The number of nitrogens with two attached hydrogens (primary N) is 1.